The Balaban J connectivity index is 1.28. The smallest absolute Gasteiger partial charge is 0.272 e. The van der Waals surface area contributed by atoms with Crippen LogP contribution in [0.1, 0.15) is 22.8 Å². The zero-order valence-corrected chi connectivity index (χ0v) is 27.8. The number of hydrogen-bond donors (Lipinski definition) is 3. The van der Waals surface area contributed by atoms with Crippen molar-refractivity contribution in [3.63, 3.8) is 0 Å². The van der Waals surface area contributed by atoms with Gasteiger partial charge in [0.2, 0.25) is 5.91 Å². The van der Waals surface area contributed by atoms with Gasteiger partial charge in [-0.1, -0.05) is 30.3 Å². The standard InChI is InChI=1S/C36H31FN4O5S2/c1-22(33(42)41-36-40-30(21-47-36)24-13-15-26(37)16-14-24)48-28-11-7-10-27(20-28)38-35(44)29(39-34(43)25-8-5-4-6-9-25)18-23-12-17-31(45-2)32(19-23)46-3/h4-22H,1-3H3,(H,38,44)(H,39,43)(H,40,41,42)/b29-18+. The van der Waals surface area contributed by atoms with Gasteiger partial charge in [-0.05, 0) is 85.3 Å². The van der Waals surface area contributed by atoms with E-state index in [4.69, 9.17) is 9.47 Å². The van der Waals surface area contributed by atoms with E-state index in [1.165, 1.54) is 49.5 Å². The van der Waals surface area contributed by atoms with Gasteiger partial charge in [-0.3, -0.25) is 14.4 Å². The van der Waals surface area contributed by atoms with Crippen LogP contribution in [-0.2, 0) is 9.59 Å². The van der Waals surface area contributed by atoms with E-state index in [0.717, 1.165) is 10.5 Å². The molecule has 0 aliphatic rings. The van der Waals surface area contributed by atoms with E-state index >= 15 is 0 Å². The van der Waals surface area contributed by atoms with Gasteiger partial charge in [0.25, 0.3) is 11.8 Å². The van der Waals surface area contributed by atoms with Gasteiger partial charge in [-0.15, -0.1) is 23.1 Å². The number of carbonyl (C=O) groups is 3. The minimum atomic E-state index is -0.553. The van der Waals surface area contributed by atoms with Gasteiger partial charge in [0.15, 0.2) is 16.6 Å². The van der Waals surface area contributed by atoms with E-state index in [1.54, 1.807) is 97.2 Å². The van der Waals surface area contributed by atoms with E-state index in [2.05, 4.69) is 20.9 Å². The molecule has 0 radical (unpaired) electrons. The lowest BCUT2D eigenvalue weighted by atomic mass is 10.1. The lowest BCUT2D eigenvalue weighted by Gasteiger charge is -2.14. The largest absolute Gasteiger partial charge is 0.493 e. The SMILES string of the molecule is COc1ccc(/C=C(/NC(=O)c2ccccc2)C(=O)Nc2cccc(SC(C)C(=O)Nc3nc(-c4ccc(F)cc4)cs3)c2)cc1OC. The van der Waals surface area contributed by atoms with Crippen LogP contribution in [0, 0.1) is 5.82 Å². The van der Waals surface area contributed by atoms with Crippen molar-refractivity contribution >= 4 is 57.7 Å². The Morgan fingerprint density at radius 3 is 2.35 bits per heavy atom. The van der Waals surface area contributed by atoms with Gasteiger partial charge in [0.1, 0.15) is 11.5 Å². The first-order chi connectivity index (χ1) is 23.2. The molecule has 0 aliphatic heterocycles. The number of ether oxygens (including phenoxy) is 2. The monoisotopic (exact) mass is 682 g/mol. The maximum Gasteiger partial charge on any atom is 0.272 e. The number of benzene rings is 4. The van der Waals surface area contributed by atoms with Gasteiger partial charge in [0.05, 0.1) is 25.2 Å². The highest BCUT2D eigenvalue weighted by atomic mass is 32.2. The predicted octanol–water partition coefficient (Wildman–Crippen LogP) is 7.50. The molecule has 3 N–H and O–H groups in total. The Labute approximate surface area is 285 Å². The molecule has 1 unspecified atom stereocenters. The maximum atomic E-state index is 13.6. The van der Waals surface area contributed by atoms with Crippen LogP contribution >= 0.6 is 23.1 Å². The number of anilines is 2. The fourth-order valence-electron chi connectivity index (χ4n) is 4.45. The lowest BCUT2D eigenvalue weighted by molar-refractivity contribution is -0.115. The Morgan fingerprint density at radius 1 is 0.875 bits per heavy atom. The second kappa shape index (κ2) is 15.9. The van der Waals surface area contributed by atoms with Gasteiger partial charge in [-0.2, -0.15) is 0 Å². The summed E-state index contributed by atoms with van der Waals surface area (Å²) in [5, 5.41) is 10.1. The number of amides is 3. The average Bonchev–Trinajstić information content (AvgIpc) is 3.57. The van der Waals surface area contributed by atoms with Crippen molar-refractivity contribution < 1.29 is 28.2 Å². The molecule has 12 heteroatoms. The Bertz CT molecular complexity index is 1950. The van der Waals surface area contributed by atoms with Gasteiger partial charge >= 0.3 is 0 Å². The normalized spacial score (nSPS) is 11.7. The molecule has 5 rings (SSSR count). The minimum Gasteiger partial charge on any atom is -0.493 e. The fourth-order valence-corrected chi connectivity index (χ4v) is 6.10. The van der Waals surface area contributed by atoms with Crippen LogP contribution in [0.2, 0.25) is 0 Å². The molecule has 4 aromatic carbocycles. The van der Waals surface area contributed by atoms with Crippen LogP contribution in [0.25, 0.3) is 17.3 Å². The first kappa shape index (κ1) is 33.9. The molecule has 0 saturated heterocycles. The van der Waals surface area contributed by atoms with Crippen molar-refractivity contribution in [3.05, 3.63) is 125 Å². The topological polar surface area (TPSA) is 119 Å². The van der Waals surface area contributed by atoms with Crippen molar-refractivity contribution in [3.8, 4) is 22.8 Å². The van der Waals surface area contributed by atoms with Crippen LogP contribution in [-0.4, -0.2) is 42.2 Å². The molecule has 3 amide bonds. The number of thiazole rings is 1. The molecule has 1 heterocycles. The zero-order valence-electron chi connectivity index (χ0n) is 26.2. The number of rotatable bonds is 12. The van der Waals surface area contributed by atoms with Crippen LogP contribution in [0.3, 0.4) is 0 Å². The van der Waals surface area contributed by atoms with E-state index in [9.17, 15) is 18.8 Å². The molecule has 1 atom stereocenters. The molecule has 0 saturated carbocycles. The molecule has 1 aromatic heterocycles. The Morgan fingerprint density at radius 2 is 1.62 bits per heavy atom. The molecule has 0 spiro atoms. The van der Waals surface area contributed by atoms with Gasteiger partial charge < -0.3 is 25.4 Å². The van der Waals surface area contributed by atoms with Crippen LogP contribution in [0.5, 0.6) is 11.5 Å². The number of halogens is 1. The van der Waals surface area contributed by atoms with Gasteiger partial charge in [0, 0.05) is 27.1 Å². The zero-order chi connectivity index (χ0) is 34.0. The summed E-state index contributed by atoms with van der Waals surface area (Å²) in [5.74, 6) is -0.607. The third-order valence-corrected chi connectivity index (χ3v) is 8.75. The number of nitrogens with one attached hydrogen (secondary N) is 3. The second-order valence-corrected chi connectivity index (χ2v) is 12.5. The fraction of sp³-hybridized carbons (Fsp3) is 0.111. The number of aromatic nitrogens is 1. The highest BCUT2D eigenvalue weighted by Gasteiger charge is 2.19. The summed E-state index contributed by atoms with van der Waals surface area (Å²) in [5.41, 5.74) is 2.84. The van der Waals surface area contributed by atoms with Gasteiger partial charge in [-0.25, -0.2) is 9.37 Å². The summed E-state index contributed by atoms with van der Waals surface area (Å²) in [4.78, 5) is 44.8. The number of thioether (sulfide) groups is 1. The highest BCUT2D eigenvalue weighted by Crippen LogP contribution is 2.30. The first-order valence-corrected chi connectivity index (χ1v) is 16.4. The summed E-state index contributed by atoms with van der Waals surface area (Å²) in [6.07, 6.45) is 1.54. The number of hydrogen-bond acceptors (Lipinski definition) is 8. The number of nitrogens with zero attached hydrogens (tertiary/aromatic N) is 1. The summed E-state index contributed by atoms with van der Waals surface area (Å²) in [7, 11) is 3.04. The third kappa shape index (κ3) is 8.87. The molecule has 9 nitrogen and oxygen atoms in total. The van der Waals surface area contributed by atoms with E-state index < -0.39 is 17.1 Å². The predicted molar refractivity (Wildman–Crippen MR) is 188 cm³/mol. The molecular formula is C36H31FN4O5S2. The number of methoxy groups -OCH3 is 2. The van der Waals surface area contributed by atoms with Crippen molar-refractivity contribution in [2.75, 3.05) is 24.9 Å². The summed E-state index contributed by atoms with van der Waals surface area (Å²) in [6.45, 7) is 1.77. The van der Waals surface area contributed by atoms with Crippen molar-refractivity contribution in [1.82, 2.24) is 10.3 Å². The molecule has 5 aromatic rings. The van der Waals surface area contributed by atoms with E-state index in [-0.39, 0.29) is 17.4 Å². The van der Waals surface area contributed by atoms with Crippen LogP contribution < -0.4 is 25.4 Å². The average molecular weight is 683 g/mol. The molecule has 0 bridgehead atoms. The van der Waals surface area contributed by atoms with E-state index in [0.29, 0.717) is 39.1 Å². The quantitative estimate of drug-likeness (QED) is 0.0922. The van der Waals surface area contributed by atoms with Crippen LogP contribution in [0.15, 0.2) is 113 Å². The Hall–Kier alpha value is -5.46. The second-order valence-electron chi connectivity index (χ2n) is 10.3. The lowest BCUT2D eigenvalue weighted by Crippen LogP contribution is -2.30. The van der Waals surface area contributed by atoms with Crippen molar-refractivity contribution in [2.45, 2.75) is 17.1 Å². The molecule has 0 aliphatic carbocycles. The summed E-state index contributed by atoms with van der Waals surface area (Å²) >= 11 is 2.58. The third-order valence-electron chi connectivity index (χ3n) is 6.90. The molecule has 48 heavy (non-hydrogen) atoms. The highest BCUT2D eigenvalue weighted by molar-refractivity contribution is 8.00. The molecular weight excluding hydrogens is 652 g/mol. The van der Waals surface area contributed by atoms with Crippen LogP contribution in [0.4, 0.5) is 15.2 Å². The molecule has 244 valence electrons. The first-order valence-electron chi connectivity index (χ1n) is 14.6. The Kier molecular flexibility index (Phi) is 11.2. The number of carbonyl (C=O) groups excluding carboxylic acids is 3. The summed E-state index contributed by atoms with van der Waals surface area (Å²) < 4.78 is 24.0. The van der Waals surface area contributed by atoms with Crippen molar-refractivity contribution in [2.24, 2.45) is 0 Å². The summed E-state index contributed by atoms with van der Waals surface area (Å²) in [6, 6.07) is 26.7. The van der Waals surface area contributed by atoms with Crippen molar-refractivity contribution in [1.29, 1.82) is 0 Å². The van der Waals surface area contributed by atoms with E-state index in [1.807, 2.05) is 6.07 Å². The maximum absolute atomic E-state index is 13.6. The molecule has 0 fully saturated rings. The minimum absolute atomic E-state index is 0.00493.